The zero-order chi connectivity index (χ0) is 14.6. The molecule has 2 unspecified atom stereocenters. The van der Waals surface area contributed by atoms with Crippen LogP contribution in [0.4, 0.5) is 4.79 Å². The molecule has 1 amide bonds. The molecule has 0 bridgehead atoms. The Labute approximate surface area is 114 Å². The van der Waals surface area contributed by atoms with Gasteiger partial charge in [0, 0.05) is 19.0 Å². The van der Waals surface area contributed by atoms with Crippen molar-refractivity contribution in [3.8, 4) is 0 Å². The number of carboxylic acids is 1. The lowest BCUT2D eigenvalue weighted by molar-refractivity contribution is -0.137. The summed E-state index contributed by atoms with van der Waals surface area (Å²) in [4.78, 5) is 24.5. The highest BCUT2D eigenvalue weighted by molar-refractivity contribution is 5.69. The van der Waals surface area contributed by atoms with Crippen LogP contribution in [0.3, 0.4) is 0 Å². The molecule has 0 saturated carbocycles. The van der Waals surface area contributed by atoms with Gasteiger partial charge in [0.05, 0.1) is 0 Å². The van der Waals surface area contributed by atoms with E-state index in [2.05, 4.69) is 0 Å². The Morgan fingerprint density at radius 2 is 2.05 bits per heavy atom. The zero-order valence-corrected chi connectivity index (χ0v) is 12.3. The third-order valence-electron chi connectivity index (χ3n) is 3.40. The third kappa shape index (κ3) is 5.09. The van der Waals surface area contributed by atoms with E-state index in [0.29, 0.717) is 13.0 Å². The highest BCUT2D eigenvalue weighted by atomic mass is 16.6. The molecule has 0 spiro atoms. The van der Waals surface area contributed by atoms with E-state index in [1.165, 1.54) is 0 Å². The minimum absolute atomic E-state index is 0.106. The summed E-state index contributed by atoms with van der Waals surface area (Å²) in [6.45, 7) is 8.27. The number of carboxylic acid groups (broad SMARTS) is 1. The normalized spacial score (nSPS) is 21.3. The summed E-state index contributed by atoms with van der Waals surface area (Å²) < 4.78 is 5.40. The Morgan fingerprint density at radius 1 is 1.42 bits per heavy atom. The van der Waals surface area contributed by atoms with E-state index < -0.39 is 11.6 Å². The number of hydrogen-bond acceptors (Lipinski definition) is 3. The maximum absolute atomic E-state index is 12.1. The molecule has 1 N–H and O–H groups in total. The monoisotopic (exact) mass is 271 g/mol. The molecule has 1 aliphatic rings. The van der Waals surface area contributed by atoms with Gasteiger partial charge in [-0.05, 0) is 46.0 Å². The number of carbonyl (C=O) groups excluding carboxylic acids is 1. The second-order valence-electron chi connectivity index (χ2n) is 6.29. The third-order valence-corrected chi connectivity index (χ3v) is 3.40. The Kier molecular flexibility index (Phi) is 5.20. The first-order valence-corrected chi connectivity index (χ1v) is 6.92. The van der Waals surface area contributed by atoms with Gasteiger partial charge in [0.15, 0.2) is 0 Å². The summed E-state index contributed by atoms with van der Waals surface area (Å²) in [6.07, 6.45) is 2.36. The number of amides is 1. The van der Waals surface area contributed by atoms with Gasteiger partial charge in [-0.25, -0.2) is 4.79 Å². The predicted molar refractivity (Wildman–Crippen MR) is 72.0 cm³/mol. The number of likely N-dealkylation sites (tertiary alicyclic amines) is 1. The summed E-state index contributed by atoms with van der Waals surface area (Å²) in [5.41, 5.74) is -0.492. The molecule has 0 radical (unpaired) electrons. The Balaban J connectivity index is 2.58. The van der Waals surface area contributed by atoms with Gasteiger partial charge in [0.2, 0.25) is 0 Å². The van der Waals surface area contributed by atoms with E-state index in [1.54, 1.807) is 4.90 Å². The van der Waals surface area contributed by atoms with Crippen LogP contribution in [-0.2, 0) is 9.53 Å². The van der Waals surface area contributed by atoms with E-state index in [0.717, 1.165) is 12.8 Å². The van der Waals surface area contributed by atoms with Crippen molar-refractivity contribution in [2.45, 2.75) is 65.0 Å². The lowest BCUT2D eigenvalue weighted by atomic mass is 9.95. The molecule has 0 aromatic rings. The van der Waals surface area contributed by atoms with Crippen molar-refractivity contribution in [3.63, 3.8) is 0 Å². The van der Waals surface area contributed by atoms with Gasteiger partial charge in [-0.2, -0.15) is 0 Å². The van der Waals surface area contributed by atoms with Gasteiger partial charge in [-0.3, -0.25) is 4.79 Å². The van der Waals surface area contributed by atoms with Gasteiger partial charge in [-0.1, -0.05) is 6.92 Å². The molecule has 1 fully saturated rings. The molecule has 2 atom stereocenters. The van der Waals surface area contributed by atoms with Crippen LogP contribution < -0.4 is 0 Å². The zero-order valence-electron chi connectivity index (χ0n) is 12.3. The first-order chi connectivity index (χ1) is 8.70. The average molecular weight is 271 g/mol. The van der Waals surface area contributed by atoms with Crippen LogP contribution in [0.1, 0.15) is 53.4 Å². The smallest absolute Gasteiger partial charge is 0.410 e. The average Bonchev–Trinajstić information content (AvgIpc) is 2.72. The van der Waals surface area contributed by atoms with Gasteiger partial charge in [-0.15, -0.1) is 0 Å². The van der Waals surface area contributed by atoms with Crippen LogP contribution in [0.2, 0.25) is 0 Å². The maximum atomic E-state index is 12.1. The van der Waals surface area contributed by atoms with Crippen LogP contribution in [0.15, 0.2) is 0 Å². The van der Waals surface area contributed by atoms with Crippen molar-refractivity contribution >= 4 is 12.1 Å². The predicted octanol–water partition coefficient (Wildman–Crippen LogP) is 2.89. The lowest BCUT2D eigenvalue weighted by Gasteiger charge is -2.31. The van der Waals surface area contributed by atoms with Gasteiger partial charge in [0.1, 0.15) is 5.60 Å². The van der Waals surface area contributed by atoms with Crippen LogP contribution in [0.5, 0.6) is 0 Å². The minimum atomic E-state index is -0.784. The molecule has 1 rings (SSSR count). The summed E-state index contributed by atoms with van der Waals surface area (Å²) in [6, 6.07) is 0.106. The van der Waals surface area contributed by atoms with E-state index in [4.69, 9.17) is 9.84 Å². The van der Waals surface area contributed by atoms with E-state index >= 15 is 0 Å². The van der Waals surface area contributed by atoms with Crippen LogP contribution >= 0.6 is 0 Å². The minimum Gasteiger partial charge on any atom is -0.481 e. The van der Waals surface area contributed by atoms with Crippen LogP contribution in [0.25, 0.3) is 0 Å². The quantitative estimate of drug-likeness (QED) is 0.853. The summed E-state index contributed by atoms with van der Waals surface area (Å²) >= 11 is 0. The molecule has 1 heterocycles. The van der Waals surface area contributed by atoms with Crippen molar-refractivity contribution in [1.29, 1.82) is 0 Å². The van der Waals surface area contributed by atoms with Crippen molar-refractivity contribution < 1.29 is 19.4 Å². The topological polar surface area (TPSA) is 66.8 Å². The highest BCUT2D eigenvalue weighted by Gasteiger charge is 2.35. The SMILES string of the molecule is CC(CCC(=O)O)C1CCCN1C(=O)OC(C)(C)C. The number of rotatable bonds is 4. The largest absolute Gasteiger partial charge is 0.481 e. The molecule has 0 aromatic carbocycles. The summed E-state index contributed by atoms with van der Waals surface area (Å²) in [5.74, 6) is -0.597. The first-order valence-electron chi connectivity index (χ1n) is 6.92. The fourth-order valence-corrected chi connectivity index (χ4v) is 2.47. The van der Waals surface area contributed by atoms with Crippen molar-refractivity contribution in [2.75, 3.05) is 6.54 Å². The molecular formula is C14H25NO4. The second-order valence-corrected chi connectivity index (χ2v) is 6.29. The number of aliphatic carboxylic acids is 1. The molecule has 1 saturated heterocycles. The number of nitrogens with zero attached hydrogens (tertiary/aromatic N) is 1. The van der Waals surface area contributed by atoms with Gasteiger partial charge < -0.3 is 14.7 Å². The molecule has 19 heavy (non-hydrogen) atoms. The van der Waals surface area contributed by atoms with E-state index in [9.17, 15) is 9.59 Å². The Hall–Kier alpha value is -1.26. The Bertz CT molecular complexity index is 335. The van der Waals surface area contributed by atoms with Crippen LogP contribution in [0, 0.1) is 5.92 Å². The molecule has 0 aromatic heterocycles. The fraction of sp³-hybridized carbons (Fsp3) is 0.857. The summed E-state index contributed by atoms with van der Waals surface area (Å²) in [7, 11) is 0. The maximum Gasteiger partial charge on any atom is 0.410 e. The molecule has 0 aliphatic carbocycles. The first kappa shape index (κ1) is 15.8. The summed E-state index contributed by atoms with van der Waals surface area (Å²) in [5, 5.41) is 8.73. The molecule has 110 valence electrons. The number of ether oxygens (including phenoxy) is 1. The van der Waals surface area contributed by atoms with Crippen molar-refractivity contribution in [1.82, 2.24) is 4.90 Å². The second kappa shape index (κ2) is 6.26. The van der Waals surface area contributed by atoms with Crippen molar-refractivity contribution in [2.24, 2.45) is 5.92 Å². The molecule has 5 nitrogen and oxygen atoms in total. The standard InChI is InChI=1S/C14H25NO4/c1-10(7-8-12(16)17)11-6-5-9-15(11)13(18)19-14(2,3)4/h10-11H,5-9H2,1-4H3,(H,16,17). The fourth-order valence-electron chi connectivity index (χ4n) is 2.47. The van der Waals surface area contributed by atoms with Crippen molar-refractivity contribution in [3.05, 3.63) is 0 Å². The number of hydrogen-bond donors (Lipinski definition) is 1. The highest BCUT2D eigenvalue weighted by Crippen LogP contribution is 2.28. The number of carbonyl (C=O) groups is 2. The molecule has 1 aliphatic heterocycles. The Morgan fingerprint density at radius 3 is 2.58 bits per heavy atom. The molecular weight excluding hydrogens is 246 g/mol. The van der Waals surface area contributed by atoms with Crippen LogP contribution in [-0.4, -0.2) is 40.3 Å². The van der Waals surface area contributed by atoms with Gasteiger partial charge >= 0.3 is 12.1 Å². The lowest BCUT2D eigenvalue weighted by Crippen LogP contribution is -2.42. The molecule has 5 heteroatoms. The van der Waals surface area contributed by atoms with E-state index in [1.807, 2.05) is 27.7 Å². The van der Waals surface area contributed by atoms with E-state index in [-0.39, 0.29) is 24.5 Å². The van der Waals surface area contributed by atoms with Gasteiger partial charge in [0.25, 0.3) is 0 Å².